The third-order valence-electron chi connectivity index (χ3n) is 5.08. The highest BCUT2D eigenvalue weighted by Crippen LogP contribution is 2.16. The van der Waals surface area contributed by atoms with E-state index in [-0.39, 0.29) is 11.6 Å². The van der Waals surface area contributed by atoms with Crippen molar-refractivity contribution in [1.82, 2.24) is 10.3 Å². The SMILES string of the molecule is Cc1ccccc1C(=O)N/C(=C\c1ccco1)C(=O)Nc1ccc(Cc2ccncc2)cc1. The number of carbonyl (C=O) groups is 2. The predicted molar refractivity (Wildman–Crippen MR) is 127 cm³/mol. The summed E-state index contributed by atoms with van der Waals surface area (Å²) in [7, 11) is 0. The summed E-state index contributed by atoms with van der Waals surface area (Å²) >= 11 is 0. The van der Waals surface area contributed by atoms with E-state index in [1.54, 1.807) is 36.7 Å². The first-order valence-electron chi connectivity index (χ1n) is 10.5. The summed E-state index contributed by atoms with van der Waals surface area (Å²) in [6, 6.07) is 22.2. The number of anilines is 1. The zero-order chi connectivity index (χ0) is 23.0. The molecular weight excluding hydrogens is 414 g/mol. The van der Waals surface area contributed by atoms with E-state index in [1.165, 1.54) is 12.3 Å². The molecule has 0 aliphatic carbocycles. The molecule has 0 atom stereocenters. The number of aryl methyl sites for hydroxylation is 1. The first kappa shape index (κ1) is 21.8. The van der Waals surface area contributed by atoms with Gasteiger partial charge in [0.25, 0.3) is 11.8 Å². The Labute approximate surface area is 192 Å². The maximum Gasteiger partial charge on any atom is 0.272 e. The minimum Gasteiger partial charge on any atom is -0.465 e. The van der Waals surface area contributed by atoms with Gasteiger partial charge >= 0.3 is 0 Å². The highest BCUT2D eigenvalue weighted by atomic mass is 16.3. The number of carbonyl (C=O) groups excluding carboxylic acids is 2. The molecule has 4 aromatic rings. The second-order valence-corrected chi connectivity index (χ2v) is 7.53. The lowest BCUT2D eigenvalue weighted by atomic mass is 10.1. The molecule has 2 heterocycles. The van der Waals surface area contributed by atoms with Crippen molar-refractivity contribution < 1.29 is 14.0 Å². The van der Waals surface area contributed by atoms with Crippen LogP contribution in [0.3, 0.4) is 0 Å². The van der Waals surface area contributed by atoms with Gasteiger partial charge in [0.05, 0.1) is 6.26 Å². The number of aromatic nitrogens is 1. The van der Waals surface area contributed by atoms with Crippen LogP contribution in [-0.4, -0.2) is 16.8 Å². The summed E-state index contributed by atoms with van der Waals surface area (Å²) in [5.41, 5.74) is 4.28. The molecule has 2 aromatic heterocycles. The van der Waals surface area contributed by atoms with E-state index in [0.717, 1.165) is 23.1 Å². The Morgan fingerprint density at radius 1 is 0.909 bits per heavy atom. The molecule has 2 amide bonds. The van der Waals surface area contributed by atoms with Crippen molar-refractivity contribution in [2.75, 3.05) is 5.32 Å². The Hall–Kier alpha value is -4.45. The van der Waals surface area contributed by atoms with Crippen LogP contribution < -0.4 is 10.6 Å². The van der Waals surface area contributed by atoms with Crippen molar-refractivity contribution in [3.8, 4) is 0 Å². The fourth-order valence-electron chi connectivity index (χ4n) is 3.33. The van der Waals surface area contributed by atoms with E-state index in [4.69, 9.17) is 4.42 Å². The highest BCUT2D eigenvalue weighted by molar-refractivity contribution is 6.10. The Morgan fingerprint density at radius 3 is 2.33 bits per heavy atom. The average molecular weight is 437 g/mol. The number of nitrogens with one attached hydrogen (secondary N) is 2. The molecule has 0 fully saturated rings. The van der Waals surface area contributed by atoms with E-state index >= 15 is 0 Å². The van der Waals surface area contributed by atoms with Crippen molar-refractivity contribution in [2.45, 2.75) is 13.3 Å². The van der Waals surface area contributed by atoms with Gasteiger partial charge in [-0.15, -0.1) is 0 Å². The van der Waals surface area contributed by atoms with Gasteiger partial charge < -0.3 is 15.1 Å². The molecule has 0 aliphatic heterocycles. The molecule has 0 unspecified atom stereocenters. The maximum atomic E-state index is 13.0. The quantitative estimate of drug-likeness (QED) is 0.399. The van der Waals surface area contributed by atoms with Crippen LogP contribution in [0.25, 0.3) is 6.08 Å². The predicted octanol–water partition coefficient (Wildman–Crippen LogP) is 4.98. The van der Waals surface area contributed by atoms with Crippen LogP contribution in [0.1, 0.15) is 32.8 Å². The topological polar surface area (TPSA) is 84.2 Å². The maximum absolute atomic E-state index is 13.0. The van der Waals surface area contributed by atoms with Gasteiger partial charge in [0.15, 0.2) is 0 Å². The van der Waals surface area contributed by atoms with Crippen LogP contribution in [0.5, 0.6) is 0 Å². The second kappa shape index (κ2) is 10.2. The van der Waals surface area contributed by atoms with E-state index in [1.807, 2.05) is 55.5 Å². The minimum atomic E-state index is -0.449. The Bertz CT molecular complexity index is 1260. The van der Waals surface area contributed by atoms with Gasteiger partial charge in [-0.1, -0.05) is 30.3 Å². The smallest absolute Gasteiger partial charge is 0.272 e. The van der Waals surface area contributed by atoms with Gasteiger partial charge in [-0.2, -0.15) is 0 Å². The van der Waals surface area contributed by atoms with Crippen molar-refractivity contribution in [3.05, 3.63) is 125 Å². The van der Waals surface area contributed by atoms with Gasteiger partial charge in [0, 0.05) is 29.7 Å². The van der Waals surface area contributed by atoms with E-state index < -0.39 is 5.91 Å². The fourth-order valence-corrected chi connectivity index (χ4v) is 3.33. The first-order valence-corrected chi connectivity index (χ1v) is 10.5. The molecule has 6 nitrogen and oxygen atoms in total. The summed E-state index contributed by atoms with van der Waals surface area (Å²) in [5, 5.41) is 5.56. The highest BCUT2D eigenvalue weighted by Gasteiger charge is 2.17. The second-order valence-electron chi connectivity index (χ2n) is 7.53. The molecule has 2 aromatic carbocycles. The van der Waals surface area contributed by atoms with Crippen molar-refractivity contribution in [1.29, 1.82) is 0 Å². The summed E-state index contributed by atoms with van der Waals surface area (Å²) in [6.07, 6.45) is 7.31. The molecule has 0 saturated heterocycles. The third-order valence-corrected chi connectivity index (χ3v) is 5.08. The van der Waals surface area contributed by atoms with Gasteiger partial charge in [0.2, 0.25) is 0 Å². The lowest BCUT2D eigenvalue weighted by Gasteiger charge is -2.12. The van der Waals surface area contributed by atoms with E-state index in [0.29, 0.717) is 17.0 Å². The van der Waals surface area contributed by atoms with Crippen LogP contribution in [0.15, 0.2) is 102 Å². The van der Waals surface area contributed by atoms with Gasteiger partial charge in [-0.3, -0.25) is 14.6 Å². The number of rotatable bonds is 7. The molecule has 33 heavy (non-hydrogen) atoms. The monoisotopic (exact) mass is 437 g/mol. The molecule has 0 bridgehead atoms. The Balaban J connectivity index is 1.49. The number of pyridine rings is 1. The van der Waals surface area contributed by atoms with Crippen LogP contribution in [-0.2, 0) is 11.2 Å². The molecule has 0 aliphatic rings. The van der Waals surface area contributed by atoms with E-state index in [9.17, 15) is 9.59 Å². The first-order chi connectivity index (χ1) is 16.1. The van der Waals surface area contributed by atoms with Gasteiger partial charge in [-0.05, 0) is 72.5 Å². The molecule has 4 rings (SSSR count). The number of hydrogen-bond acceptors (Lipinski definition) is 4. The summed E-state index contributed by atoms with van der Waals surface area (Å²) in [6.45, 7) is 1.85. The number of benzene rings is 2. The standard InChI is InChI=1S/C27H23N3O3/c1-19-5-2-3-7-24(19)26(31)30-25(18-23-6-4-16-33-23)27(32)29-22-10-8-20(9-11-22)17-21-12-14-28-15-13-21/h2-16,18H,17H2,1H3,(H,29,32)(H,30,31)/b25-18-. The average Bonchev–Trinajstić information content (AvgIpc) is 3.34. The molecular formula is C27H23N3O3. The van der Waals surface area contributed by atoms with Crippen LogP contribution in [0.4, 0.5) is 5.69 Å². The lowest BCUT2D eigenvalue weighted by molar-refractivity contribution is -0.113. The normalized spacial score (nSPS) is 11.1. The van der Waals surface area contributed by atoms with Crippen LogP contribution in [0.2, 0.25) is 0 Å². The molecule has 6 heteroatoms. The van der Waals surface area contributed by atoms with Gasteiger partial charge in [-0.25, -0.2) is 0 Å². The van der Waals surface area contributed by atoms with Crippen molar-refractivity contribution in [3.63, 3.8) is 0 Å². The number of furan rings is 1. The minimum absolute atomic E-state index is 0.0825. The van der Waals surface area contributed by atoms with E-state index in [2.05, 4.69) is 15.6 Å². The Morgan fingerprint density at radius 2 is 1.64 bits per heavy atom. The fraction of sp³-hybridized carbons (Fsp3) is 0.0741. The molecule has 164 valence electrons. The van der Waals surface area contributed by atoms with Crippen LogP contribution >= 0.6 is 0 Å². The molecule has 0 radical (unpaired) electrons. The largest absolute Gasteiger partial charge is 0.465 e. The zero-order valence-corrected chi connectivity index (χ0v) is 18.1. The zero-order valence-electron chi connectivity index (χ0n) is 18.1. The third kappa shape index (κ3) is 5.83. The molecule has 2 N–H and O–H groups in total. The number of amides is 2. The summed E-state index contributed by atoms with van der Waals surface area (Å²) in [5.74, 6) is -0.359. The number of hydrogen-bond donors (Lipinski definition) is 2. The number of nitrogens with zero attached hydrogens (tertiary/aromatic N) is 1. The Kier molecular flexibility index (Phi) is 6.75. The van der Waals surface area contributed by atoms with Crippen LogP contribution in [0, 0.1) is 6.92 Å². The van der Waals surface area contributed by atoms with Crippen molar-refractivity contribution in [2.24, 2.45) is 0 Å². The molecule has 0 saturated carbocycles. The van der Waals surface area contributed by atoms with Gasteiger partial charge in [0.1, 0.15) is 11.5 Å². The summed E-state index contributed by atoms with van der Waals surface area (Å²) < 4.78 is 5.34. The summed E-state index contributed by atoms with van der Waals surface area (Å²) in [4.78, 5) is 29.9. The van der Waals surface area contributed by atoms with Crippen molar-refractivity contribution >= 4 is 23.6 Å². The molecule has 0 spiro atoms. The lowest BCUT2D eigenvalue weighted by Crippen LogP contribution is -2.31.